The molecule has 0 amide bonds. The van der Waals surface area contributed by atoms with Gasteiger partial charge in [-0.15, -0.1) is 0 Å². The molecule has 0 spiro atoms. The monoisotopic (exact) mass is 243 g/mol. The van der Waals surface area contributed by atoms with Crippen molar-refractivity contribution in [2.24, 2.45) is 17.6 Å². The fourth-order valence-corrected chi connectivity index (χ4v) is 2.06. The SMILES string of the molecule is CCCC(C)CC(C)(C)OCC(C)C(C)(C)N. The zero-order chi connectivity index (χ0) is 13.7. The lowest BCUT2D eigenvalue weighted by Gasteiger charge is -2.33. The van der Waals surface area contributed by atoms with Gasteiger partial charge in [0.1, 0.15) is 0 Å². The van der Waals surface area contributed by atoms with Crippen LogP contribution in [-0.4, -0.2) is 17.7 Å². The van der Waals surface area contributed by atoms with Crippen molar-refractivity contribution >= 4 is 0 Å². The van der Waals surface area contributed by atoms with Crippen molar-refractivity contribution in [2.45, 2.75) is 78.9 Å². The molecule has 0 radical (unpaired) electrons. The van der Waals surface area contributed by atoms with Gasteiger partial charge < -0.3 is 10.5 Å². The van der Waals surface area contributed by atoms with Gasteiger partial charge in [-0.05, 0) is 46.0 Å². The second kappa shape index (κ2) is 6.75. The van der Waals surface area contributed by atoms with Gasteiger partial charge in [0, 0.05) is 5.54 Å². The van der Waals surface area contributed by atoms with Crippen LogP contribution in [-0.2, 0) is 4.74 Å². The number of rotatable bonds is 8. The van der Waals surface area contributed by atoms with Crippen LogP contribution in [0.2, 0.25) is 0 Å². The Hall–Kier alpha value is -0.0800. The summed E-state index contributed by atoms with van der Waals surface area (Å²) in [5.74, 6) is 1.11. The third-order valence-corrected chi connectivity index (χ3v) is 3.62. The van der Waals surface area contributed by atoms with E-state index < -0.39 is 0 Å². The normalized spacial score (nSPS) is 16.9. The molecule has 104 valence electrons. The minimum Gasteiger partial charge on any atom is -0.375 e. The topological polar surface area (TPSA) is 35.2 Å². The minimum atomic E-state index is -0.162. The summed E-state index contributed by atoms with van der Waals surface area (Å²) in [5, 5.41) is 0. The molecule has 0 bridgehead atoms. The second-order valence-electron chi connectivity index (χ2n) is 6.89. The molecule has 0 fully saturated rings. The van der Waals surface area contributed by atoms with Crippen molar-refractivity contribution in [3.05, 3.63) is 0 Å². The van der Waals surface area contributed by atoms with Crippen molar-refractivity contribution in [3.8, 4) is 0 Å². The lowest BCUT2D eigenvalue weighted by Crippen LogP contribution is -2.43. The maximum atomic E-state index is 6.08. The molecule has 17 heavy (non-hydrogen) atoms. The Kier molecular flexibility index (Phi) is 6.71. The fourth-order valence-electron chi connectivity index (χ4n) is 2.06. The Morgan fingerprint density at radius 3 is 2.06 bits per heavy atom. The number of ether oxygens (including phenoxy) is 1. The molecule has 0 aliphatic heterocycles. The first kappa shape index (κ1) is 16.9. The summed E-state index contributed by atoms with van der Waals surface area (Å²) in [4.78, 5) is 0. The van der Waals surface area contributed by atoms with Crippen LogP contribution in [0.4, 0.5) is 0 Å². The van der Waals surface area contributed by atoms with E-state index in [1.54, 1.807) is 0 Å². The van der Waals surface area contributed by atoms with Crippen molar-refractivity contribution in [1.82, 2.24) is 0 Å². The smallest absolute Gasteiger partial charge is 0.0629 e. The van der Waals surface area contributed by atoms with Gasteiger partial charge in [-0.25, -0.2) is 0 Å². The molecule has 0 aromatic rings. The molecule has 0 aromatic carbocycles. The van der Waals surface area contributed by atoms with E-state index in [9.17, 15) is 0 Å². The first-order valence-corrected chi connectivity index (χ1v) is 7.01. The van der Waals surface area contributed by atoms with Crippen LogP contribution in [0, 0.1) is 11.8 Å². The van der Waals surface area contributed by atoms with Crippen LogP contribution in [0.25, 0.3) is 0 Å². The van der Waals surface area contributed by atoms with Gasteiger partial charge in [0.05, 0.1) is 12.2 Å². The van der Waals surface area contributed by atoms with Crippen LogP contribution in [0.15, 0.2) is 0 Å². The van der Waals surface area contributed by atoms with Crippen molar-refractivity contribution in [1.29, 1.82) is 0 Å². The third-order valence-electron chi connectivity index (χ3n) is 3.62. The molecule has 0 aliphatic rings. The van der Waals surface area contributed by atoms with E-state index in [1.807, 2.05) is 0 Å². The quantitative estimate of drug-likeness (QED) is 0.700. The Morgan fingerprint density at radius 1 is 1.12 bits per heavy atom. The van der Waals surface area contributed by atoms with Gasteiger partial charge in [0.2, 0.25) is 0 Å². The fraction of sp³-hybridized carbons (Fsp3) is 1.00. The molecule has 2 heteroatoms. The average molecular weight is 243 g/mol. The molecule has 2 atom stereocenters. The summed E-state index contributed by atoms with van der Waals surface area (Å²) < 4.78 is 6.05. The maximum absolute atomic E-state index is 6.08. The molecular formula is C15H33NO. The van der Waals surface area contributed by atoms with Crippen LogP contribution in [0.3, 0.4) is 0 Å². The highest BCUT2D eigenvalue weighted by atomic mass is 16.5. The second-order valence-corrected chi connectivity index (χ2v) is 6.89. The first-order valence-electron chi connectivity index (χ1n) is 7.01. The largest absolute Gasteiger partial charge is 0.375 e. The average Bonchev–Trinajstić information content (AvgIpc) is 2.12. The van der Waals surface area contributed by atoms with Crippen molar-refractivity contribution in [2.75, 3.05) is 6.61 Å². The lowest BCUT2D eigenvalue weighted by atomic mass is 9.89. The van der Waals surface area contributed by atoms with E-state index in [0.717, 1.165) is 18.9 Å². The van der Waals surface area contributed by atoms with Crippen LogP contribution >= 0.6 is 0 Å². The van der Waals surface area contributed by atoms with Crippen molar-refractivity contribution in [3.63, 3.8) is 0 Å². The highest BCUT2D eigenvalue weighted by molar-refractivity contribution is 4.80. The van der Waals surface area contributed by atoms with Gasteiger partial charge in [-0.1, -0.05) is 33.6 Å². The van der Waals surface area contributed by atoms with E-state index in [0.29, 0.717) is 5.92 Å². The summed E-state index contributed by atoms with van der Waals surface area (Å²) in [6.45, 7) is 16.0. The minimum absolute atomic E-state index is 0.0336. The molecule has 0 rings (SSSR count). The summed E-state index contributed by atoms with van der Waals surface area (Å²) in [7, 11) is 0. The predicted molar refractivity (Wildman–Crippen MR) is 76.2 cm³/mol. The van der Waals surface area contributed by atoms with Gasteiger partial charge in [0.15, 0.2) is 0 Å². The molecular weight excluding hydrogens is 210 g/mol. The van der Waals surface area contributed by atoms with E-state index >= 15 is 0 Å². The molecule has 0 aromatic heterocycles. The maximum Gasteiger partial charge on any atom is 0.0629 e. The highest BCUT2D eigenvalue weighted by Gasteiger charge is 2.26. The Labute approximate surface area is 108 Å². The molecule has 0 saturated heterocycles. The Bertz CT molecular complexity index is 205. The standard InChI is InChI=1S/C15H33NO/c1-8-9-12(2)10-14(4,5)17-11-13(3)15(6,7)16/h12-13H,8-11,16H2,1-7H3. The summed E-state index contributed by atoms with van der Waals surface area (Å²) in [6, 6.07) is 0. The van der Waals surface area contributed by atoms with Gasteiger partial charge >= 0.3 is 0 Å². The van der Waals surface area contributed by atoms with E-state index in [1.165, 1.54) is 12.8 Å². The Balaban J connectivity index is 4.09. The number of nitrogens with two attached hydrogens (primary N) is 1. The highest BCUT2D eigenvalue weighted by Crippen LogP contribution is 2.25. The van der Waals surface area contributed by atoms with Crippen LogP contribution < -0.4 is 5.73 Å². The molecule has 0 aliphatic carbocycles. The van der Waals surface area contributed by atoms with Crippen LogP contribution in [0.5, 0.6) is 0 Å². The summed E-state index contributed by atoms with van der Waals surface area (Å²) in [5.41, 5.74) is 5.88. The zero-order valence-electron chi connectivity index (χ0n) is 13.0. The Morgan fingerprint density at radius 2 is 1.65 bits per heavy atom. The number of hydrogen-bond donors (Lipinski definition) is 1. The predicted octanol–water partition coefficient (Wildman–Crippen LogP) is 3.98. The van der Waals surface area contributed by atoms with E-state index in [2.05, 4.69) is 48.5 Å². The van der Waals surface area contributed by atoms with Gasteiger partial charge in [0.25, 0.3) is 0 Å². The van der Waals surface area contributed by atoms with Crippen molar-refractivity contribution < 1.29 is 4.74 Å². The van der Waals surface area contributed by atoms with E-state index in [-0.39, 0.29) is 11.1 Å². The van der Waals surface area contributed by atoms with E-state index in [4.69, 9.17) is 10.5 Å². The number of hydrogen-bond acceptors (Lipinski definition) is 2. The summed E-state index contributed by atoms with van der Waals surface area (Å²) >= 11 is 0. The molecule has 2 nitrogen and oxygen atoms in total. The molecule has 0 saturated carbocycles. The first-order chi connectivity index (χ1) is 7.58. The lowest BCUT2D eigenvalue weighted by molar-refractivity contribution is -0.0548. The molecule has 2 unspecified atom stereocenters. The van der Waals surface area contributed by atoms with Crippen LogP contribution in [0.1, 0.15) is 67.7 Å². The van der Waals surface area contributed by atoms with Gasteiger partial charge in [-0.3, -0.25) is 0 Å². The molecule has 0 heterocycles. The summed E-state index contributed by atoms with van der Waals surface area (Å²) in [6.07, 6.45) is 3.66. The third kappa shape index (κ3) is 7.77. The molecule has 2 N–H and O–H groups in total. The van der Waals surface area contributed by atoms with Gasteiger partial charge in [-0.2, -0.15) is 0 Å². The zero-order valence-corrected chi connectivity index (χ0v) is 13.0.